The zero-order valence-electron chi connectivity index (χ0n) is 13.0. The third-order valence-corrected chi connectivity index (χ3v) is 4.26. The Kier molecular flexibility index (Phi) is 4.43. The van der Waals surface area contributed by atoms with Gasteiger partial charge in [-0.05, 0) is 37.1 Å². The fourth-order valence-electron chi connectivity index (χ4n) is 2.92. The second-order valence-electron chi connectivity index (χ2n) is 5.77. The van der Waals surface area contributed by atoms with Crippen LogP contribution in [-0.2, 0) is 11.4 Å². The number of aromatic nitrogens is 1. The number of halogens is 1. The molecule has 1 aliphatic heterocycles. The van der Waals surface area contributed by atoms with Crippen molar-refractivity contribution in [3.8, 4) is 11.3 Å². The molecule has 0 spiro atoms. The molecule has 1 N–H and O–H groups in total. The largest absolute Gasteiger partial charge is 0.440 e. The lowest BCUT2D eigenvalue weighted by atomic mass is 9.97. The molecule has 3 rings (SSSR count). The predicted molar refractivity (Wildman–Crippen MR) is 82.0 cm³/mol. The highest BCUT2D eigenvalue weighted by atomic mass is 19.1. The van der Waals surface area contributed by atoms with Crippen molar-refractivity contribution >= 4 is 5.91 Å². The predicted octanol–water partition coefficient (Wildman–Crippen LogP) is 2.70. The van der Waals surface area contributed by atoms with Crippen molar-refractivity contribution in [2.24, 2.45) is 0 Å². The highest BCUT2D eigenvalue weighted by Gasteiger charge is 2.27. The molecule has 1 saturated heterocycles. The minimum Gasteiger partial charge on any atom is -0.440 e. The second-order valence-corrected chi connectivity index (χ2v) is 5.77. The van der Waals surface area contributed by atoms with Crippen molar-refractivity contribution in [1.82, 2.24) is 9.88 Å². The minimum atomic E-state index is -0.323. The molecule has 0 aliphatic carbocycles. The number of oxazole rings is 1. The Morgan fingerprint density at radius 1 is 1.35 bits per heavy atom. The number of nitrogens with zero attached hydrogens (tertiary/aromatic N) is 2. The van der Waals surface area contributed by atoms with Crippen molar-refractivity contribution in [2.45, 2.75) is 32.3 Å². The maximum Gasteiger partial charge on any atom is 0.219 e. The highest BCUT2D eigenvalue weighted by molar-refractivity contribution is 5.73. The number of benzene rings is 1. The summed E-state index contributed by atoms with van der Waals surface area (Å²) in [6.07, 6.45) is 1.57. The molecule has 122 valence electrons. The molecule has 1 aliphatic rings. The Hall–Kier alpha value is -2.21. The number of hydrogen-bond acceptors (Lipinski definition) is 4. The van der Waals surface area contributed by atoms with Crippen LogP contribution in [0.15, 0.2) is 28.7 Å². The standard InChI is InChI=1S/C17H19FN2O3/c1-11(22)20-8-6-13(7-9-20)17-19-15(10-21)16(23-17)12-2-4-14(18)5-3-12/h2-5,13,21H,6-10H2,1H3. The summed E-state index contributed by atoms with van der Waals surface area (Å²) in [5, 5.41) is 9.51. The van der Waals surface area contributed by atoms with Gasteiger partial charge in [0.1, 0.15) is 11.5 Å². The summed E-state index contributed by atoms with van der Waals surface area (Å²) in [6.45, 7) is 2.70. The smallest absolute Gasteiger partial charge is 0.219 e. The molecule has 0 saturated carbocycles. The number of rotatable bonds is 3. The molecule has 2 heterocycles. The molecule has 0 bridgehead atoms. The minimum absolute atomic E-state index is 0.0823. The Balaban J connectivity index is 1.82. The van der Waals surface area contributed by atoms with Crippen LogP contribution in [0.25, 0.3) is 11.3 Å². The lowest BCUT2D eigenvalue weighted by molar-refractivity contribution is -0.129. The molecule has 1 aromatic heterocycles. The molecule has 0 atom stereocenters. The van der Waals surface area contributed by atoms with Crippen LogP contribution in [0.4, 0.5) is 4.39 Å². The van der Waals surface area contributed by atoms with Gasteiger partial charge in [-0.15, -0.1) is 0 Å². The summed E-state index contributed by atoms with van der Waals surface area (Å²) in [7, 11) is 0. The molecule has 1 fully saturated rings. The van der Waals surface area contributed by atoms with Gasteiger partial charge in [-0.2, -0.15) is 0 Å². The van der Waals surface area contributed by atoms with E-state index in [9.17, 15) is 14.3 Å². The van der Waals surface area contributed by atoms with Gasteiger partial charge in [0, 0.05) is 31.5 Å². The van der Waals surface area contributed by atoms with Gasteiger partial charge in [-0.25, -0.2) is 9.37 Å². The van der Waals surface area contributed by atoms with Crippen molar-refractivity contribution in [3.63, 3.8) is 0 Å². The quantitative estimate of drug-likeness (QED) is 0.945. The van der Waals surface area contributed by atoms with Gasteiger partial charge >= 0.3 is 0 Å². The van der Waals surface area contributed by atoms with E-state index in [2.05, 4.69) is 4.98 Å². The molecule has 1 amide bonds. The third kappa shape index (κ3) is 3.27. The van der Waals surface area contributed by atoms with Gasteiger partial charge in [0.2, 0.25) is 5.91 Å². The fourth-order valence-corrected chi connectivity index (χ4v) is 2.92. The number of aliphatic hydroxyl groups is 1. The van der Waals surface area contributed by atoms with Gasteiger partial charge in [0.15, 0.2) is 11.7 Å². The summed E-state index contributed by atoms with van der Waals surface area (Å²) in [4.78, 5) is 17.6. The molecule has 2 aromatic rings. The molecule has 0 radical (unpaired) electrons. The first-order valence-electron chi connectivity index (χ1n) is 7.70. The summed E-state index contributed by atoms with van der Waals surface area (Å²) < 4.78 is 18.9. The van der Waals surface area contributed by atoms with Crippen LogP contribution in [0, 0.1) is 5.82 Å². The van der Waals surface area contributed by atoms with E-state index in [0.717, 1.165) is 12.8 Å². The van der Waals surface area contributed by atoms with Crippen LogP contribution >= 0.6 is 0 Å². The van der Waals surface area contributed by atoms with E-state index in [1.165, 1.54) is 12.1 Å². The Labute approximate surface area is 133 Å². The summed E-state index contributed by atoms with van der Waals surface area (Å²) >= 11 is 0. The summed E-state index contributed by atoms with van der Waals surface area (Å²) in [5.41, 5.74) is 1.15. The summed E-state index contributed by atoms with van der Waals surface area (Å²) in [6, 6.07) is 5.92. The van der Waals surface area contributed by atoms with Crippen LogP contribution < -0.4 is 0 Å². The molecular formula is C17H19FN2O3. The van der Waals surface area contributed by atoms with E-state index < -0.39 is 0 Å². The molecular weight excluding hydrogens is 299 g/mol. The van der Waals surface area contributed by atoms with Crippen LogP contribution in [0.1, 0.15) is 37.3 Å². The van der Waals surface area contributed by atoms with Crippen LogP contribution in [0.3, 0.4) is 0 Å². The van der Waals surface area contributed by atoms with E-state index in [1.807, 2.05) is 4.90 Å². The molecule has 23 heavy (non-hydrogen) atoms. The number of carbonyl (C=O) groups is 1. The lowest BCUT2D eigenvalue weighted by Gasteiger charge is -2.29. The van der Waals surface area contributed by atoms with E-state index in [4.69, 9.17) is 4.42 Å². The van der Waals surface area contributed by atoms with Gasteiger partial charge in [0.05, 0.1) is 6.61 Å². The van der Waals surface area contributed by atoms with Crippen molar-refractivity contribution < 1.29 is 18.7 Å². The Bertz CT molecular complexity index is 688. The van der Waals surface area contributed by atoms with Gasteiger partial charge < -0.3 is 14.4 Å². The normalized spacial score (nSPS) is 15.9. The first kappa shape index (κ1) is 15.7. The van der Waals surface area contributed by atoms with E-state index in [0.29, 0.717) is 36.0 Å². The average Bonchev–Trinajstić information content (AvgIpc) is 3.00. The van der Waals surface area contributed by atoms with E-state index >= 15 is 0 Å². The zero-order chi connectivity index (χ0) is 16.4. The van der Waals surface area contributed by atoms with Crippen LogP contribution in [0.5, 0.6) is 0 Å². The van der Waals surface area contributed by atoms with Crippen LogP contribution in [-0.4, -0.2) is 34.0 Å². The first-order chi connectivity index (χ1) is 11.1. The van der Waals surface area contributed by atoms with Gasteiger partial charge in [0.25, 0.3) is 0 Å². The average molecular weight is 318 g/mol. The lowest BCUT2D eigenvalue weighted by Crippen LogP contribution is -2.36. The van der Waals surface area contributed by atoms with Crippen molar-refractivity contribution in [3.05, 3.63) is 41.7 Å². The monoisotopic (exact) mass is 318 g/mol. The van der Waals surface area contributed by atoms with Crippen LogP contribution in [0.2, 0.25) is 0 Å². The number of likely N-dealkylation sites (tertiary alicyclic amines) is 1. The number of aliphatic hydroxyl groups excluding tert-OH is 1. The molecule has 5 nitrogen and oxygen atoms in total. The van der Waals surface area contributed by atoms with Crippen molar-refractivity contribution in [1.29, 1.82) is 0 Å². The fraction of sp³-hybridized carbons (Fsp3) is 0.412. The number of amides is 1. The van der Waals surface area contributed by atoms with Crippen molar-refractivity contribution in [2.75, 3.05) is 13.1 Å². The molecule has 1 aromatic carbocycles. The Morgan fingerprint density at radius 3 is 2.57 bits per heavy atom. The van der Waals surface area contributed by atoms with Gasteiger partial charge in [-0.3, -0.25) is 4.79 Å². The second kappa shape index (κ2) is 6.50. The summed E-state index contributed by atoms with van der Waals surface area (Å²) in [5.74, 6) is 0.952. The molecule has 0 unspecified atom stereocenters. The van der Waals surface area contributed by atoms with E-state index in [-0.39, 0.29) is 24.2 Å². The number of piperidine rings is 1. The Morgan fingerprint density at radius 2 is 2.00 bits per heavy atom. The number of hydrogen-bond donors (Lipinski definition) is 1. The SMILES string of the molecule is CC(=O)N1CCC(c2nc(CO)c(-c3ccc(F)cc3)o2)CC1. The molecule has 6 heteroatoms. The highest BCUT2D eigenvalue weighted by Crippen LogP contribution is 2.33. The first-order valence-corrected chi connectivity index (χ1v) is 7.70. The maximum absolute atomic E-state index is 13.1. The topological polar surface area (TPSA) is 66.6 Å². The number of carbonyl (C=O) groups excluding carboxylic acids is 1. The zero-order valence-corrected chi connectivity index (χ0v) is 13.0. The maximum atomic E-state index is 13.1. The third-order valence-electron chi connectivity index (χ3n) is 4.26. The van der Waals surface area contributed by atoms with Gasteiger partial charge in [-0.1, -0.05) is 0 Å². The van der Waals surface area contributed by atoms with E-state index in [1.54, 1.807) is 19.1 Å².